The Labute approximate surface area is 146 Å². The molecular formula is C18H22N2O3S. The van der Waals surface area contributed by atoms with Crippen molar-refractivity contribution in [3.8, 4) is 11.5 Å². The Balaban J connectivity index is 1.67. The lowest BCUT2D eigenvalue weighted by molar-refractivity contribution is -0.136. The van der Waals surface area contributed by atoms with Gasteiger partial charge in [-0.1, -0.05) is 0 Å². The molecule has 0 unspecified atom stereocenters. The van der Waals surface area contributed by atoms with Gasteiger partial charge in [0.2, 0.25) is 5.91 Å². The molecule has 1 aromatic carbocycles. The number of aromatic nitrogens is 1. The Kier molecular flexibility index (Phi) is 5.04. The molecule has 2 heterocycles. The van der Waals surface area contributed by atoms with Gasteiger partial charge >= 0.3 is 0 Å². The van der Waals surface area contributed by atoms with Crippen molar-refractivity contribution in [2.75, 3.05) is 20.3 Å². The fraction of sp³-hybridized carbons (Fsp3) is 0.444. The second kappa shape index (κ2) is 7.21. The first-order valence-corrected chi connectivity index (χ1v) is 8.93. The zero-order valence-corrected chi connectivity index (χ0v) is 15.1. The largest absolute Gasteiger partial charge is 0.494 e. The predicted molar refractivity (Wildman–Crippen MR) is 93.6 cm³/mol. The summed E-state index contributed by atoms with van der Waals surface area (Å²) in [5.41, 5.74) is 1.03. The van der Waals surface area contributed by atoms with Crippen molar-refractivity contribution in [2.24, 2.45) is 5.92 Å². The number of carbonyl (C=O) groups excluding carboxylic acids is 1. The SMILES string of the molecule is CCOc1ccc2c(c1)C[C@H](C(=O)N(C)Cc1cnc(C)s1)CO2. The highest BCUT2D eigenvalue weighted by Crippen LogP contribution is 2.31. The van der Waals surface area contributed by atoms with Crippen LogP contribution in [0.15, 0.2) is 24.4 Å². The van der Waals surface area contributed by atoms with Crippen LogP contribution in [0.25, 0.3) is 0 Å². The number of thiazole rings is 1. The summed E-state index contributed by atoms with van der Waals surface area (Å²) in [6.07, 6.45) is 2.52. The summed E-state index contributed by atoms with van der Waals surface area (Å²) in [4.78, 5) is 19.8. The van der Waals surface area contributed by atoms with Crippen molar-refractivity contribution in [3.63, 3.8) is 0 Å². The van der Waals surface area contributed by atoms with Gasteiger partial charge in [-0.05, 0) is 44.0 Å². The Bertz CT molecular complexity index is 729. The first-order chi connectivity index (χ1) is 11.6. The van der Waals surface area contributed by atoms with Crippen molar-refractivity contribution in [3.05, 3.63) is 39.8 Å². The number of ether oxygens (including phenoxy) is 2. The molecule has 0 spiro atoms. The molecule has 0 radical (unpaired) electrons. The molecule has 1 aliphatic heterocycles. The second-order valence-electron chi connectivity index (χ2n) is 5.95. The van der Waals surface area contributed by atoms with Crippen LogP contribution in [0.1, 0.15) is 22.4 Å². The first kappa shape index (κ1) is 16.8. The molecule has 0 aliphatic carbocycles. The number of hydrogen-bond donors (Lipinski definition) is 0. The zero-order chi connectivity index (χ0) is 17.1. The van der Waals surface area contributed by atoms with Crippen LogP contribution in [-0.4, -0.2) is 36.1 Å². The van der Waals surface area contributed by atoms with Gasteiger partial charge in [-0.15, -0.1) is 11.3 Å². The van der Waals surface area contributed by atoms with Crippen LogP contribution in [-0.2, 0) is 17.8 Å². The standard InChI is InChI=1S/C18H22N2O3S/c1-4-22-15-5-6-17-13(8-15)7-14(11-23-17)18(21)20(3)10-16-9-19-12(2)24-16/h5-6,8-9,14H,4,7,10-11H2,1-3H3/t14-/m0/s1. The average molecular weight is 346 g/mol. The fourth-order valence-electron chi connectivity index (χ4n) is 2.89. The molecule has 1 aliphatic rings. The molecular weight excluding hydrogens is 324 g/mol. The van der Waals surface area contributed by atoms with Crippen LogP contribution < -0.4 is 9.47 Å². The molecule has 5 nitrogen and oxygen atoms in total. The van der Waals surface area contributed by atoms with Crippen molar-refractivity contribution in [1.82, 2.24) is 9.88 Å². The van der Waals surface area contributed by atoms with E-state index in [1.165, 1.54) is 0 Å². The molecule has 1 aromatic heterocycles. The van der Waals surface area contributed by atoms with Gasteiger partial charge in [0.05, 0.1) is 24.1 Å². The summed E-state index contributed by atoms with van der Waals surface area (Å²) in [6.45, 7) is 5.56. The van der Waals surface area contributed by atoms with Crippen molar-refractivity contribution in [2.45, 2.75) is 26.8 Å². The molecule has 1 atom stereocenters. The van der Waals surface area contributed by atoms with E-state index in [0.29, 0.717) is 26.2 Å². The van der Waals surface area contributed by atoms with Crippen LogP contribution in [0.3, 0.4) is 0 Å². The van der Waals surface area contributed by atoms with Gasteiger partial charge in [-0.25, -0.2) is 4.98 Å². The van der Waals surface area contributed by atoms with Crippen LogP contribution in [0.2, 0.25) is 0 Å². The molecule has 24 heavy (non-hydrogen) atoms. The highest BCUT2D eigenvalue weighted by molar-refractivity contribution is 7.11. The Hall–Kier alpha value is -2.08. The van der Waals surface area contributed by atoms with Crippen molar-refractivity contribution < 1.29 is 14.3 Å². The quantitative estimate of drug-likeness (QED) is 0.835. The lowest BCUT2D eigenvalue weighted by Gasteiger charge is -2.28. The van der Waals surface area contributed by atoms with E-state index < -0.39 is 0 Å². The zero-order valence-electron chi connectivity index (χ0n) is 14.2. The Morgan fingerprint density at radius 3 is 3.04 bits per heavy atom. The molecule has 1 amide bonds. The maximum absolute atomic E-state index is 12.7. The third-order valence-corrected chi connectivity index (χ3v) is 4.93. The summed E-state index contributed by atoms with van der Waals surface area (Å²) >= 11 is 1.62. The number of amides is 1. The maximum atomic E-state index is 12.7. The van der Waals surface area contributed by atoms with Crippen LogP contribution in [0.4, 0.5) is 0 Å². The monoisotopic (exact) mass is 346 g/mol. The van der Waals surface area contributed by atoms with Gasteiger partial charge in [0.25, 0.3) is 0 Å². The average Bonchev–Trinajstić information content (AvgIpc) is 2.98. The molecule has 6 heteroatoms. The summed E-state index contributed by atoms with van der Waals surface area (Å²) < 4.78 is 11.3. The van der Waals surface area contributed by atoms with E-state index in [9.17, 15) is 4.79 Å². The smallest absolute Gasteiger partial charge is 0.229 e. The molecule has 3 rings (SSSR count). The molecule has 0 bridgehead atoms. The third-order valence-electron chi connectivity index (χ3n) is 4.04. The van der Waals surface area contributed by atoms with E-state index in [2.05, 4.69) is 4.98 Å². The van der Waals surface area contributed by atoms with Gasteiger partial charge < -0.3 is 14.4 Å². The van der Waals surface area contributed by atoms with Gasteiger partial charge in [-0.3, -0.25) is 4.79 Å². The van der Waals surface area contributed by atoms with Crippen molar-refractivity contribution in [1.29, 1.82) is 0 Å². The molecule has 0 saturated heterocycles. The minimum Gasteiger partial charge on any atom is -0.494 e. The summed E-state index contributed by atoms with van der Waals surface area (Å²) in [6, 6.07) is 5.80. The highest BCUT2D eigenvalue weighted by atomic mass is 32.1. The molecule has 128 valence electrons. The van der Waals surface area contributed by atoms with E-state index in [0.717, 1.165) is 26.9 Å². The van der Waals surface area contributed by atoms with Gasteiger partial charge in [0, 0.05) is 18.1 Å². The molecule has 0 fully saturated rings. The predicted octanol–water partition coefficient (Wildman–Crippen LogP) is 3.06. The maximum Gasteiger partial charge on any atom is 0.229 e. The Morgan fingerprint density at radius 1 is 1.50 bits per heavy atom. The number of aryl methyl sites for hydroxylation is 1. The number of benzene rings is 1. The Morgan fingerprint density at radius 2 is 2.33 bits per heavy atom. The number of nitrogens with zero attached hydrogens (tertiary/aromatic N) is 2. The first-order valence-electron chi connectivity index (χ1n) is 8.11. The minimum absolute atomic E-state index is 0.105. The molecule has 0 saturated carbocycles. The van der Waals surface area contributed by atoms with Crippen LogP contribution >= 0.6 is 11.3 Å². The van der Waals surface area contributed by atoms with Crippen LogP contribution in [0, 0.1) is 12.8 Å². The van der Waals surface area contributed by atoms with E-state index >= 15 is 0 Å². The highest BCUT2D eigenvalue weighted by Gasteiger charge is 2.28. The number of rotatable bonds is 5. The number of hydrogen-bond acceptors (Lipinski definition) is 5. The summed E-state index contributed by atoms with van der Waals surface area (Å²) in [5, 5.41) is 1.02. The van der Waals surface area contributed by atoms with Crippen molar-refractivity contribution >= 4 is 17.2 Å². The molecule has 2 aromatic rings. The topological polar surface area (TPSA) is 51.7 Å². The summed E-state index contributed by atoms with van der Waals surface area (Å²) in [7, 11) is 1.84. The van der Waals surface area contributed by atoms with Crippen LogP contribution in [0.5, 0.6) is 11.5 Å². The number of carbonyl (C=O) groups is 1. The van der Waals surface area contributed by atoms with E-state index in [1.54, 1.807) is 16.2 Å². The van der Waals surface area contributed by atoms with Gasteiger partial charge in [-0.2, -0.15) is 0 Å². The van der Waals surface area contributed by atoms with E-state index in [1.807, 2.05) is 45.3 Å². The third kappa shape index (κ3) is 3.70. The lowest BCUT2D eigenvalue weighted by Crippen LogP contribution is -2.38. The summed E-state index contributed by atoms with van der Waals surface area (Å²) in [5.74, 6) is 1.62. The van der Waals surface area contributed by atoms with Gasteiger partial charge in [0.1, 0.15) is 18.1 Å². The van der Waals surface area contributed by atoms with E-state index in [-0.39, 0.29) is 11.8 Å². The second-order valence-corrected chi connectivity index (χ2v) is 7.27. The lowest BCUT2D eigenvalue weighted by atomic mass is 9.95. The minimum atomic E-state index is -0.159. The normalized spacial score (nSPS) is 16.2. The number of fused-ring (bicyclic) bond motifs is 1. The van der Waals surface area contributed by atoms with E-state index in [4.69, 9.17) is 9.47 Å². The fourth-order valence-corrected chi connectivity index (χ4v) is 3.74. The van der Waals surface area contributed by atoms with Gasteiger partial charge in [0.15, 0.2) is 0 Å². The molecule has 0 N–H and O–H groups in total.